The van der Waals surface area contributed by atoms with Gasteiger partial charge >= 0.3 is 0 Å². The lowest BCUT2D eigenvalue weighted by molar-refractivity contribution is -0.121. The van der Waals surface area contributed by atoms with Gasteiger partial charge in [-0.3, -0.25) is 9.59 Å². The highest BCUT2D eigenvalue weighted by molar-refractivity contribution is 5.81. The maximum atomic E-state index is 12.3. The van der Waals surface area contributed by atoms with Crippen LogP contribution in [0, 0.1) is 0 Å². The molecule has 1 amide bonds. The Labute approximate surface area is 139 Å². The van der Waals surface area contributed by atoms with Crippen molar-refractivity contribution in [1.82, 2.24) is 15.1 Å². The summed E-state index contributed by atoms with van der Waals surface area (Å²) in [4.78, 5) is 24.3. The quantitative estimate of drug-likeness (QED) is 0.708. The van der Waals surface area contributed by atoms with Crippen LogP contribution in [0.5, 0.6) is 0 Å². The van der Waals surface area contributed by atoms with Gasteiger partial charge in [0.15, 0.2) is 0 Å². The number of fused-ring (bicyclic) bond motifs is 1. The van der Waals surface area contributed by atoms with E-state index < -0.39 is 0 Å². The van der Waals surface area contributed by atoms with Crippen molar-refractivity contribution >= 4 is 16.7 Å². The summed E-state index contributed by atoms with van der Waals surface area (Å²) in [6.07, 6.45) is 3.38. The van der Waals surface area contributed by atoms with Crippen LogP contribution in [0.2, 0.25) is 0 Å². The predicted molar refractivity (Wildman–Crippen MR) is 93.8 cm³/mol. The number of nitrogens with one attached hydrogen (secondary N) is 1. The number of aromatic nitrogens is 2. The summed E-state index contributed by atoms with van der Waals surface area (Å²) in [6, 6.07) is 17.4. The Balaban J connectivity index is 1.53. The second-order valence-corrected chi connectivity index (χ2v) is 5.63. The van der Waals surface area contributed by atoms with Crippen LogP contribution in [-0.2, 0) is 17.8 Å². The molecule has 2 aromatic carbocycles. The van der Waals surface area contributed by atoms with Crippen LogP contribution in [0.3, 0.4) is 0 Å². The smallest absolute Gasteiger partial charge is 0.275 e. The van der Waals surface area contributed by atoms with E-state index in [0.29, 0.717) is 11.9 Å². The minimum Gasteiger partial charge on any atom is -0.354 e. The van der Waals surface area contributed by atoms with Gasteiger partial charge in [0, 0.05) is 11.9 Å². The molecule has 0 fully saturated rings. The van der Waals surface area contributed by atoms with E-state index in [-0.39, 0.29) is 18.0 Å². The van der Waals surface area contributed by atoms with Crippen molar-refractivity contribution in [2.24, 2.45) is 0 Å². The number of carbonyl (C=O) groups is 1. The predicted octanol–water partition coefficient (Wildman–Crippen LogP) is 2.15. The van der Waals surface area contributed by atoms with Crippen LogP contribution in [0.25, 0.3) is 10.8 Å². The average molecular weight is 321 g/mol. The molecule has 0 radical (unpaired) electrons. The minimum absolute atomic E-state index is 0.0605. The Morgan fingerprint density at radius 1 is 1.04 bits per heavy atom. The topological polar surface area (TPSA) is 64.0 Å². The lowest BCUT2D eigenvalue weighted by Gasteiger charge is -2.07. The number of amides is 1. The zero-order chi connectivity index (χ0) is 16.8. The normalized spacial score (nSPS) is 10.7. The highest BCUT2D eigenvalue weighted by Gasteiger charge is 2.07. The molecule has 0 aliphatic heterocycles. The largest absolute Gasteiger partial charge is 0.354 e. The first-order valence-electron chi connectivity index (χ1n) is 7.99. The van der Waals surface area contributed by atoms with Gasteiger partial charge in [-0.05, 0) is 24.5 Å². The van der Waals surface area contributed by atoms with Gasteiger partial charge in [-0.2, -0.15) is 5.10 Å². The summed E-state index contributed by atoms with van der Waals surface area (Å²) < 4.78 is 1.20. The van der Waals surface area contributed by atoms with Crippen molar-refractivity contribution in [3.63, 3.8) is 0 Å². The molecule has 24 heavy (non-hydrogen) atoms. The number of hydrogen-bond acceptors (Lipinski definition) is 3. The van der Waals surface area contributed by atoms with Crippen LogP contribution in [-0.4, -0.2) is 22.2 Å². The number of carbonyl (C=O) groups excluding carboxylic acids is 1. The van der Waals surface area contributed by atoms with Crippen molar-refractivity contribution in [2.45, 2.75) is 19.4 Å². The maximum Gasteiger partial charge on any atom is 0.275 e. The van der Waals surface area contributed by atoms with Crippen LogP contribution in [0.4, 0.5) is 0 Å². The molecule has 0 bridgehead atoms. The summed E-state index contributed by atoms with van der Waals surface area (Å²) >= 11 is 0. The third-order valence-corrected chi connectivity index (χ3v) is 3.86. The van der Waals surface area contributed by atoms with Crippen LogP contribution >= 0.6 is 0 Å². The highest BCUT2D eigenvalue weighted by Crippen LogP contribution is 2.06. The van der Waals surface area contributed by atoms with Crippen LogP contribution in [0.15, 0.2) is 65.6 Å². The average Bonchev–Trinajstić information content (AvgIpc) is 2.62. The van der Waals surface area contributed by atoms with Gasteiger partial charge in [-0.1, -0.05) is 48.5 Å². The van der Waals surface area contributed by atoms with E-state index in [1.54, 1.807) is 18.3 Å². The second kappa shape index (κ2) is 7.55. The Morgan fingerprint density at radius 3 is 2.62 bits per heavy atom. The zero-order valence-corrected chi connectivity index (χ0v) is 13.3. The molecule has 5 nitrogen and oxygen atoms in total. The summed E-state index contributed by atoms with van der Waals surface area (Å²) in [5, 5.41) is 8.26. The molecule has 0 saturated heterocycles. The molecular formula is C19H19N3O2. The number of aryl methyl sites for hydroxylation is 1. The van der Waals surface area contributed by atoms with Crippen LogP contribution < -0.4 is 10.9 Å². The fraction of sp³-hybridized carbons (Fsp3) is 0.211. The van der Waals surface area contributed by atoms with E-state index in [9.17, 15) is 9.59 Å². The van der Waals surface area contributed by atoms with Crippen molar-refractivity contribution in [1.29, 1.82) is 0 Å². The Bertz CT molecular complexity index is 888. The molecule has 3 aromatic rings. The Hall–Kier alpha value is -2.95. The minimum atomic E-state index is -0.243. The summed E-state index contributed by atoms with van der Waals surface area (Å²) in [5.41, 5.74) is 1.01. The number of benzene rings is 2. The molecule has 0 saturated carbocycles. The summed E-state index contributed by atoms with van der Waals surface area (Å²) in [5.74, 6) is -0.201. The van der Waals surface area contributed by atoms with Gasteiger partial charge in [-0.15, -0.1) is 0 Å². The molecule has 0 unspecified atom stereocenters. The van der Waals surface area contributed by atoms with E-state index >= 15 is 0 Å². The molecule has 0 aliphatic rings. The van der Waals surface area contributed by atoms with E-state index in [4.69, 9.17) is 0 Å². The first kappa shape index (κ1) is 15.9. The molecule has 0 atom stereocenters. The molecule has 5 heteroatoms. The lowest BCUT2D eigenvalue weighted by Crippen LogP contribution is -2.34. The van der Waals surface area contributed by atoms with E-state index in [0.717, 1.165) is 18.2 Å². The van der Waals surface area contributed by atoms with Crippen molar-refractivity contribution < 1.29 is 4.79 Å². The third-order valence-electron chi connectivity index (χ3n) is 3.86. The number of hydrogen-bond donors (Lipinski definition) is 1. The Kier molecular flexibility index (Phi) is 5.01. The third kappa shape index (κ3) is 3.87. The first-order valence-corrected chi connectivity index (χ1v) is 7.99. The van der Waals surface area contributed by atoms with E-state index in [1.165, 1.54) is 10.2 Å². The monoisotopic (exact) mass is 321 g/mol. The van der Waals surface area contributed by atoms with Crippen LogP contribution in [0.1, 0.15) is 12.0 Å². The summed E-state index contributed by atoms with van der Waals surface area (Å²) in [7, 11) is 0. The van der Waals surface area contributed by atoms with Crippen molar-refractivity contribution in [2.75, 3.05) is 6.54 Å². The van der Waals surface area contributed by atoms with E-state index in [1.807, 2.05) is 30.3 Å². The molecule has 1 N–H and O–H groups in total. The van der Waals surface area contributed by atoms with Crippen molar-refractivity contribution in [3.05, 3.63) is 76.7 Å². The SMILES string of the molecule is O=C(Cn1ncc2ccccc2c1=O)NCCCc1ccccc1. The van der Waals surface area contributed by atoms with Gasteiger partial charge in [0.05, 0.1) is 11.6 Å². The second-order valence-electron chi connectivity index (χ2n) is 5.63. The molecule has 1 aromatic heterocycles. The van der Waals surface area contributed by atoms with Gasteiger partial charge in [0.2, 0.25) is 5.91 Å². The van der Waals surface area contributed by atoms with E-state index in [2.05, 4.69) is 22.5 Å². The first-order chi connectivity index (χ1) is 11.7. The molecule has 0 spiro atoms. The highest BCUT2D eigenvalue weighted by atomic mass is 16.2. The summed E-state index contributed by atoms with van der Waals surface area (Å²) in [6.45, 7) is 0.519. The van der Waals surface area contributed by atoms with Gasteiger partial charge < -0.3 is 5.32 Å². The molecular weight excluding hydrogens is 302 g/mol. The Morgan fingerprint density at radius 2 is 1.79 bits per heavy atom. The number of nitrogens with zero attached hydrogens (tertiary/aromatic N) is 2. The van der Waals surface area contributed by atoms with Gasteiger partial charge in [0.25, 0.3) is 5.56 Å². The molecule has 122 valence electrons. The molecule has 1 heterocycles. The fourth-order valence-corrected chi connectivity index (χ4v) is 2.60. The van der Waals surface area contributed by atoms with Crippen molar-refractivity contribution in [3.8, 4) is 0 Å². The number of rotatable bonds is 6. The lowest BCUT2D eigenvalue weighted by atomic mass is 10.1. The molecule has 0 aliphatic carbocycles. The standard InChI is InChI=1S/C19H19N3O2/c23-18(20-12-6-9-15-7-2-1-3-8-15)14-22-19(24)17-11-5-4-10-16(17)13-21-22/h1-5,7-8,10-11,13H,6,9,12,14H2,(H,20,23). The van der Waals surface area contributed by atoms with Gasteiger partial charge in [0.1, 0.15) is 6.54 Å². The van der Waals surface area contributed by atoms with Gasteiger partial charge in [-0.25, -0.2) is 4.68 Å². The zero-order valence-electron chi connectivity index (χ0n) is 13.3. The maximum absolute atomic E-state index is 12.3. The fourth-order valence-electron chi connectivity index (χ4n) is 2.60. The molecule has 3 rings (SSSR count).